The van der Waals surface area contributed by atoms with Gasteiger partial charge in [-0.1, -0.05) is 0 Å². The van der Waals surface area contributed by atoms with Crippen molar-refractivity contribution < 1.29 is 14.3 Å². The molecule has 1 saturated heterocycles. The monoisotopic (exact) mass is 329 g/mol. The van der Waals surface area contributed by atoms with E-state index in [0.29, 0.717) is 19.7 Å². The molecular weight excluding hydrogens is 294 g/mol. The SMILES string of the molecule is COCCN(CCNCC1CCN(C)CC1)C(=O)OC(C)(C)C. The summed E-state index contributed by atoms with van der Waals surface area (Å²) in [6.07, 6.45) is 2.24. The number of methoxy groups -OCH3 is 1. The lowest BCUT2D eigenvalue weighted by Gasteiger charge is -2.30. The molecule has 1 heterocycles. The molecule has 6 nitrogen and oxygen atoms in total. The molecule has 0 bridgehead atoms. The highest BCUT2D eigenvalue weighted by molar-refractivity contribution is 5.68. The van der Waals surface area contributed by atoms with E-state index in [1.807, 2.05) is 20.8 Å². The van der Waals surface area contributed by atoms with Crippen molar-refractivity contribution in [3.63, 3.8) is 0 Å². The lowest BCUT2D eigenvalue weighted by Crippen LogP contribution is -2.43. The normalized spacial score (nSPS) is 17.3. The summed E-state index contributed by atoms with van der Waals surface area (Å²) in [5, 5.41) is 3.49. The van der Waals surface area contributed by atoms with Gasteiger partial charge in [0.25, 0.3) is 0 Å². The highest BCUT2D eigenvalue weighted by Crippen LogP contribution is 2.14. The van der Waals surface area contributed by atoms with Crippen molar-refractivity contribution in [2.75, 3.05) is 60.0 Å². The second-order valence-corrected chi connectivity index (χ2v) is 7.41. The number of carbonyl (C=O) groups excluding carboxylic acids is 1. The van der Waals surface area contributed by atoms with Crippen LogP contribution in [-0.4, -0.2) is 81.5 Å². The summed E-state index contributed by atoms with van der Waals surface area (Å²) in [7, 11) is 3.82. The fourth-order valence-electron chi connectivity index (χ4n) is 2.61. The van der Waals surface area contributed by atoms with E-state index in [2.05, 4.69) is 17.3 Å². The number of piperidine rings is 1. The molecule has 0 radical (unpaired) electrons. The minimum atomic E-state index is -0.468. The molecule has 0 saturated carbocycles. The number of rotatable bonds is 8. The molecule has 136 valence electrons. The van der Waals surface area contributed by atoms with Crippen molar-refractivity contribution in [2.45, 2.75) is 39.2 Å². The van der Waals surface area contributed by atoms with E-state index in [4.69, 9.17) is 9.47 Å². The summed E-state index contributed by atoms with van der Waals surface area (Å²) < 4.78 is 10.5. The fraction of sp³-hybridized carbons (Fsp3) is 0.941. The number of ether oxygens (including phenoxy) is 2. The van der Waals surface area contributed by atoms with Crippen LogP contribution in [0.3, 0.4) is 0 Å². The topological polar surface area (TPSA) is 54.0 Å². The van der Waals surface area contributed by atoms with Crippen LogP contribution in [0.5, 0.6) is 0 Å². The number of likely N-dealkylation sites (tertiary alicyclic amines) is 1. The van der Waals surface area contributed by atoms with Gasteiger partial charge in [0.1, 0.15) is 5.60 Å². The number of nitrogens with zero attached hydrogens (tertiary/aromatic N) is 2. The molecule has 23 heavy (non-hydrogen) atoms. The van der Waals surface area contributed by atoms with Crippen molar-refractivity contribution in [2.24, 2.45) is 5.92 Å². The summed E-state index contributed by atoms with van der Waals surface area (Å²) in [6.45, 7) is 11.6. The quantitative estimate of drug-likeness (QED) is 0.688. The van der Waals surface area contributed by atoms with Crippen molar-refractivity contribution >= 4 is 6.09 Å². The number of nitrogens with one attached hydrogen (secondary N) is 1. The molecule has 1 rings (SSSR count). The van der Waals surface area contributed by atoms with Crippen LogP contribution < -0.4 is 5.32 Å². The largest absolute Gasteiger partial charge is 0.444 e. The van der Waals surface area contributed by atoms with Gasteiger partial charge in [-0.05, 0) is 66.2 Å². The third kappa shape index (κ3) is 9.13. The molecule has 0 unspecified atom stereocenters. The molecule has 0 aromatic carbocycles. The Morgan fingerprint density at radius 3 is 2.48 bits per heavy atom. The predicted octanol–water partition coefficient (Wildman–Crippen LogP) is 1.80. The van der Waals surface area contributed by atoms with Gasteiger partial charge in [-0.3, -0.25) is 0 Å². The summed E-state index contributed by atoms with van der Waals surface area (Å²) in [4.78, 5) is 16.3. The third-order valence-corrected chi connectivity index (χ3v) is 4.05. The van der Waals surface area contributed by atoms with Crippen molar-refractivity contribution in [1.82, 2.24) is 15.1 Å². The van der Waals surface area contributed by atoms with E-state index in [9.17, 15) is 4.79 Å². The Morgan fingerprint density at radius 1 is 1.26 bits per heavy atom. The standard InChI is InChI=1S/C17H35N3O3/c1-17(2,3)23-16(21)20(12-13-22-5)11-8-18-14-15-6-9-19(4)10-7-15/h15,18H,6-14H2,1-5H3. The van der Waals surface area contributed by atoms with E-state index in [1.54, 1.807) is 12.0 Å². The predicted molar refractivity (Wildman–Crippen MR) is 92.8 cm³/mol. The van der Waals surface area contributed by atoms with Gasteiger partial charge in [0.2, 0.25) is 0 Å². The highest BCUT2D eigenvalue weighted by Gasteiger charge is 2.22. The van der Waals surface area contributed by atoms with Crippen LogP contribution in [-0.2, 0) is 9.47 Å². The maximum atomic E-state index is 12.2. The zero-order valence-corrected chi connectivity index (χ0v) is 15.6. The summed E-state index contributed by atoms with van der Waals surface area (Å²) in [5.74, 6) is 0.750. The fourth-order valence-corrected chi connectivity index (χ4v) is 2.61. The van der Waals surface area contributed by atoms with Gasteiger partial charge in [-0.25, -0.2) is 4.79 Å². The van der Waals surface area contributed by atoms with Crippen LogP contribution in [0.2, 0.25) is 0 Å². The Labute approximate surface area is 141 Å². The first-order valence-electron chi connectivity index (χ1n) is 8.68. The lowest BCUT2D eigenvalue weighted by atomic mass is 9.97. The molecule has 1 amide bonds. The second kappa shape index (κ2) is 10.1. The lowest BCUT2D eigenvalue weighted by molar-refractivity contribution is 0.0203. The zero-order chi connectivity index (χ0) is 17.3. The molecule has 0 atom stereocenters. The smallest absolute Gasteiger partial charge is 0.410 e. The number of carbonyl (C=O) groups is 1. The van der Waals surface area contributed by atoms with E-state index in [1.165, 1.54) is 25.9 Å². The molecule has 0 spiro atoms. The Balaban J connectivity index is 2.28. The summed E-state index contributed by atoms with van der Waals surface area (Å²) in [6, 6.07) is 0. The van der Waals surface area contributed by atoms with Gasteiger partial charge >= 0.3 is 6.09 Å². The van der Waals surface area contributed by atoms with Gasteiger partial charge in [0.15, 0.2) is 0 Å². The van der Waals surface area contributed by atoms with E-state index in [0.717, 1.165) is 19.0 Å². The van der Waals surface area contributed by atoms with E-state index < -0.39 is 5.60 Å². The van der Waals surface area contributed by atoms with Crippen LogP contribution in [0.1, 0.15) is 33.6 Å². The minimum Gasteiger partial charge on any atom is -0.444 e. The maximum Gasteiger partial charge on any atom is 0.410 e. The summed E-state index contributed by atoms with van der Waals surface area (Å²) >= 11 is 0. The molecule has 1 fully saturated rings. The summed E-state index contributed by atoms with van der Waals surface area (Å²) in [5.41, 5.74) is -0.468. The first-order valence-corrected chi connectivity index (χ1v) is 8.68. The third-order valence-electron chi connectivity index (χ3n) is 4.05. The van der Waals surface area contributed by atoms with Crippen molar-refractivity contribution in [1.29, 1.82) is 0 Å². The molecular formula is C17H35N3O3. The van der Waals surface area contributed by atoms with Crippen LogP contribution >= 0.6 is 0 Å². The van der Waals surface area contributed by atoms with Crippen LogP contribution in [0.25, 0.3) is 0 Å². The Morgan fingerprint density at radius 2 is 1.91 bits per heavy atom. The van der Waals surface area contributed by atoms with Crippen LogP contribution in [0, 0.1) is 5.92 Å². The molecule has 1 N–H and O–H groups in total. The van der Waals surface area contributed by atoms with Crippen molar-refractivity contribution in [3.8, 4) is 0 Å². The van der Waals surface area contributed by atoms with Gasteiger partial charge in [0, 0.05) is 26.7 Å². The maximum absolute atomic E-state index is 12.2. The Kier molecular flexibility index (Phi) is 8.87. The van der Waals surface area contributed by atoms with Gasteiger partial charge in [-0.15, -0.1) is 0 Å². The van der Waals surface area contributed by atoms with E-state index >= 15 is 0 Å². The minimum absolute atomic E-state index is 0.268. The molecule has 0 aromatic rings. The molecule has 6 heteroatoms. The highest BCUT2D eigenvalue weighted by atomic mass is 16.6. The van der Waals surface area contributed by atoms with Crippen molar-refractivity contribution in [3.05, 3.63) is 0 Å². The van der Waals surface area contributed by atoms with Gasteiger partial charge < -0.3 is 24.6 Å². The van der Waals surface area contributed by atoms with Crippen LogP contribution in [0.4, 0.5) is 4.79 Å². The average molecular weight is 329 g/mol. The first-order chi connectivity index (χ1) is 10.8. The number of hydrogen-bond donors (Lipinski definition) is 1. The molecule has 1 aliphatic heterocycles. The first kappa shape index (κ1) is 20.2. The molecule has 0 aliphatic carbocycles. The molecule has 0 aromatic heterocycles. The van der Waals surface area contributed by atoms with Gasteiger partial charge in [0.05, 0.1) is 6.61 Å². The molecule has 1 aliphatic rings. The Hall–Kier alpha value is -0.850. The van der Waals surface area contributed by atoms with E-state index in [-0.39, 0.29) is 6.09 Å². The average Bonchev–Trinajstić information content (AvgIpc) is 2.46. The van der Waals surface area contributed by atoms with Crippen LogP contribution in [0.15, 0.2) is 0 Å². The second-order valence-electron chi connectivity index (χ2n) is 7.41. The zero-order valence-electron chi connectivity index (χ0n) is 15.6. The Bertz CT molecular complexity index is 336. The van der Waals surface area contributed by atoms with Gasteiger partial charge in [-0.2, -0.15) is 0 Å². The number of amides is 1. The number of hydrogen-bond acceptors (Lipinski definition) is 5.